The third-order valence-electron chi connectivity index (χ3n) is 2.08. The summed E-state index contributed by atoms with van der Waals surface area (Å²) in [6.45, 7) is 9.54. The standard InChI is InChI=1S/C15H17N/c1-12(4-8-14(3)16)5-9-15-10-6-13(2)7-11-15/h4-11H,1,3,16H2,2H3/b8-4-,9-5+. The average Bonchev–Trinajstić information content (AvgIpc) is 2.25. The van der Waals surface area contributed by atoms with Gasteiger partial charge in [0.15, 0.2) is 0 Å². The summed E-state index contributed by atoms with van der Waals surface area (Å²) in [5, 5.41) is 0. The molecule has 1 aromatic carbocycles. The first-order chi connectivity index (χ1) is 7.58. The number of nitrogens with two attached hydrogens (primary N) is 1. The van der Waals surface area contributed by atoms with Crippen LogP contribution in [0.15, 0.2) is 66.9 Å². The highest BCUT2D eigenvalue weighted by Gasteiger charge is 1.86. The third kappa shape index (κ3) is 4.47. The molecule has 0 amide bonds. The first kappa shape index (κ1) is 12.1. The van der Waals surface area contributed by atoms with Gasteiger partial charge in [-0.25, -0.2) is 0 Å². The van der Waals surface area contributed by atoms with Crippen molar-refractivity contribution < 1.29 is 0 Å². The van der Waals surface area contributed by atoms with E-state index in [4.69, 9.17) is 5.73 Å². The minimum atomic E-state index is 0.532. The Morgan fingerprint density at radius 3 is 2.25 bits per heavy atom. The lowest BCUT2D eigenvalue weighted by molar-refractivity contribution is 1.45. The first-order valence-corrected chi connectivity index (χ1v) is 5.14. The number of allylic oxidation sites excluding steroid dienone is 4. The van der Waals surface area contributed by atoms with Gasteiger partial charge in [-0.1, -0.05) is 61.2 Å². The quantitative estimate of drug-likeness (QED) is 0.757. The number of hydrogen-bond acceptors (Lipinski definition) is 1. The van der Waals surface area contributed by atoms with E-state index in [0.29, 0.717) is 5.70 Å². The molecule has 0 aliphatic carbocycles. The van der Waals surface area contributed by atoms with Crippen LogP contribution >= 0.6 is 0 Å². The van der Waals surface area contributed by atoms with Gasteiger partial charge in [0.1, 0.15) is 0 Å². The molecule has 0 saturated heterocycles. The fourth-order valence-corrected chi connectivity index (χ4v) is 1.15. The van der Waals surface area contributed by atoms with Gasteiger partial charge in [-0.15, -0.1) is 0 Å². The van der Waals surface area contributed by atoms with Gasteiger partial charge in [-0.2, -0.15) is 0 Å². The molecule has 0 aliphatic rings. The van der Waals surface area contributed by atoms with Crippen molar-refractivity contribution in [3.63, 3.8) is 0 Å². The maximum atomic E-state index is 5.42. The average molecular weight is 211 g/mol. The number of rotatable bonds is 4. The van der Waals surface area contributed by atoms with Crippen LogP contribution in [0.4, 0.5) is 0 Å². The number of aryl methyl sites for hydroxylation is 1. The Balaban J connectivity index is 2.63. The van der Waals surface area contributed by atoms with Crippen molar-refractivity contribution in [1.29, 1.82) is 0 Å². The minimum absolute atomic E-state index is 0.532. The summed E-state index contributed by atoms with van der Waals surface area (Å²) in [5.41, 5.74) is 9.26. The van der Waals surface area contributed by atoms with E-state index in [2.05, 4.69) is 44.3 Å². The van der Waals surface area contributed by atoms with Gasteiger partial charge >= 0.3 is 0 Å². The summed E-state index contributed by atoms with van der Waals surface area (Å²) in [4.78, 5) is 0. The summed E-state index contributed by atoms with van der Waals surface area (Å²) < 4.78 is 0. The Labute approximate surface area is 97.3 Å². The summed E-state index contributed by atoms with van der Waals surface area (Å²) in [7, 11) is 0. The van der Waals surface area contributed by atoms with Crippen molar-refractivity contribution in [2.45, 2.75) is 6.92 Å². The summed E-state index contributed by atoms with van der Waals surface area (Å²) in [6.07, 6.45) is 7.55. The van der Waals surface area contributed by atoms with Crippen molar-refractivity contribution in [2.24, 2.45) is 5.73 Å². The van der Waals surface area contributed by atoms with Gasteiger partial charge in [-0.3, -0.25) is 0 Å². The molecular formula is C15H17N. The molecule has 1 rings (SSSR count). The summed E-state index contributed by atoms with van der Waals surface area (Å²) in [6, 6.07) is 8.31. The second kappa shape index (κ2) is 5.76. The zero-order valence-electron chi connectivity index (χ0n) is 9.61. The molecule has 16 heavy (non-hydrogen) atoms. The van der Waals surface area contributed by atoms with Crippen molar-refractivity contribution in [3.05, 3.63) is 78.0 Å². The van der Waals surface area contributed by atoms with Gasteiger partial charge in [0.05, 0.1) is 0 Å². The van der Waals surface area contributed by atoms with Crippen LogP contribution in [0, 0.1) is 6.92 Å². The normalized spacial score (nSPS) is 11.1. The van der Waals surface area contributed by atoms with Crippen LogP contribution in [0.1, 0.15) is 11.1 Å². The van der Waals surface area contributed by atoms with Gasteiger partial charge in [0, 0.05) is 5.70 Å². The molecule has 0 atom stereocenters. The fourth-order valence-electron chi connectivity index (χ4n) is 1.15. The van der Waals surface area contributed by atoms with E-state index < -0.39 is 0 Å². The Morgan fingerprint density at radius 2 is 1.69 bits per heavy atom. The Morgan fingerprint density at radius 1 is 1.06 bits per heavy atom. The van der Waals surface area contributed by atoms with Crippen LogP contribution in [-0.4, -0.2) is 0 Å². The number of benzene rings is 1. The van der Waals surface area contributed by atoms with E-state index in [1.54, 1.807) is 6.08 Å². The van der Waals surface area contributed by atoms with E-state index in [-0.39, 0.29) is 0 Å². The molecule has 1 heteroatoms. The molecule has 1 nitrogen and oxygen atoms in total. The SMILES string of the molecule is C=C(N)/C=C\C(=C)/C=C/c1ccc(C)cc1. The van der Waals surface area contributed by atoms with Crippen LogP contribution in [0.25, 0.3) is 6.08 Å². The second-order valence-electron chi connectivity index (χ2n) is 3.73. The summed E-state index contributed by atoms with van der Waals surface area (Å²) in [5.74, 6) is 0. The van der Waals surface area contributed by atoms with E-state index in [9.17, 15) is 0 Å². The van der Waals surface area contributed by atoms with Gasteiger partial charge in [-0.05, 0) is 24.1 Å². The van der Waals surface area contributed by atoms with Crippen LogP contribution in [0.2, 0.25) is 0 Å². The molecule has 1 aromatic rings. The van der Waals surface area contributed by atoms with Crippen molar-refractivity contribution in [3.8, 4) is 0 Å². The molecular weight excluding hydrogens is 194 g/mol. The van der Waals surface area contributed by atoms with Gasteiger partial charge in [0.2, 0.25) is 0 Å². The van der Waals surface area contributed by atoms with E-state index in [1.165, 1.54) is 5.56 Å². The van der Waals surface area contributed by atoms with E-state index in [0.717, 1.165) is 11.1 Å². The molecule has 0 heterocycles. The second-order valence-corrected chi connectivity index (χ2v) is 3.73. The third-order valence-corrected chi connectivity index (χ3v) is 2.08. The first-order valence-electron chi connectivity index (χ1n) is 5.14. The highest BCUT2D eigenvalue weighted by molar-refractivity contribution is 5.54. The molecule has 0 saturated carbocycles. The monoisotopic (exact) mass is 211 g/mol. The molecule has 82 valence electrons. The molecule has 0 radical (unpaired) electrons. The highest BCUT2D eigenvalue weighted by Crippen LogP contribution is 2.07. The van der Waals surface area contributed by atoms with E-state index in [1.807, 2.05) is 18.2 Å². The van der Waals surface area contributed by atoms with E-state index >= 15 is 0 Å². The largest absolute Gasteiger partial charge is 0.399 e. The van der Waals surface area contributed by atoms with Crippen molar-refractivity contribution in [2.75, 3.05) is 0 Å². The minimum Gasteiger partial charge on any atom is -0.399 e. The van der Waals surface area contributed by atoms with Crippen LogP contribution < -0.4 is 5.73 Å². The smallest absolute Gasteiger partial charge is 0.0241 e. The predicted octanol–water partition coefficient (Wildman–Crippen LogP) is 3.59. The zero-order chi connectivity index (χ0) is 12.0. The molecule has 0 spiro atoms. The van der Waals surface area contributed by atoms with Crippen molar-refractivity contribution in [1.82, 2.24) is 0 Å². The Hall–Kier alpha value is -2.02. The summed E-state index contributed by atoms with van der Waals surface area (Å²) >= 11 is 0. The maximum Gasteiger partial charge on any atom is 0.0241 e. The lowest BCUT2D eigenvalue weighted by atomic mass is 10.1. The molecule has 0 aromatic heterocycles. The van der Waals surface area contributed by atoms with Gasteiger partial charge < -0.3 is 5.73 Å². The maximum absolute atomic E-state index is 5.42. The highest BCUT2D eigenvalue weighted by atomic mass is 14.5. The van der Waals surface area contributed by atoms with Gasteiger partial charge in [0.25, 0.3) is 0 Å². The lowest BCUT2D eigenvalue weighted by Crippen LogP contribution is -1.88. The Bertz CT molecular complexity index is 433. The lowest BCUT2D eigenvalue weighted by Gasteiger charge is -1.95. The topological polar surface area (TPSA) is 26.0 Å². The zero-order valence-corrected chi connectivity index (χ0v) is 9.61. The predicted molar refractivity (Wildman–Crippen MR) is 71.8 cm³/mol. The van der Waals surface area contributed by atoms with Crippen LogP contribution in [0.5, 0.6) is 0 Å². The molecule has 0 bridgehead atoms. The number of hydrogen-bond donors (Lipinski definition) is 1. The van der Waals surface area contributed by atoms with Crippen molar-refractivity contribution >= 4 is 6.08 Å². The Kier molecular flexibility index (Phi) is 4.34. The molecule has 2 N–H and O–H groups in total. The van der Waals surface area contributed by atoms with Crippen LogP contribution in [-0.2, 0) is 0 Å². The molecule has 0 unspecified atom stereocenters. The van der Waals surface area contributed by atoms with Crippen LogP contribution in [0.3, 0.4) is 0 Å². The molecule has 0 aliphatic heterocycles. The molecule has 0 fully saturated rings. The fraction of sp³-hybridized carbons (Fsp3) is 0.0667.